The number of hydrogen-bond donors (Lipinski definition) is 0. The van der Waals surface area contributed by atoms with E-state index in [2.05, 4.69) is 5.10 Å². The molecule has 2 aliphatic rings. The molecule has 3 atom stereocenters. The third-order valence-electron chi connectivity index (χ3n) is 5.02. The van der Waals surface area contributed by atoms with E-state index >= 15 is 0 Å². The topological polar surface area (TPSA) is 38.1 Å². The first kappa shape index (κ1) is 14.4. The van der Waals surface area contributed by atoms with Gasteiger partial charge in [-0.15, -0.1) is 0 Å². The van der Waals surface area contributed by atoms with Gasteiger partial charge in [-0.3, -0.25) is 9.48 Å². The molecule has 0 spiro atoms. The molecule has 2 fully saturated rings. The Kier molecular flexibility index (Phi) is 3.63. The summed E-state index contributed by atoms with van der Waals surface area (Å²) < 4.78 is 14.9. The van der Waals surface area contributed by atoms with Crippen LogP contribution >= 0.6 is 0 Å². The van der Waals surface area contributed by atoms with E-state index in [-0.39, 0.29) is 29.6 Å². The summed E-state index contributed by atoms with van der Waals surface area (Å²) >= 11 is 0. The molecule has 1 aromatic carbocycles. The van der Waals surface area contributed by atoms with Gasteiger partial charge in [0.1, 0.15) is 5.82 Å². The van der Waals surface area contributed by atoms with Crippen molar-refractivity contribution in [3.8, 4) is 0 Å². The summed E-state index contributed by atoms with van der Waals surface area (Å²) in [5.74, 6) is 0.359. The van der Waals surface area contributed by atoms with E-state index in [1.54, 1.807) is 18.3 Å². The molecule has 2 heterocycles. The van der Waals surface area contributed by atoms with Crippen LogP contribution in [0.15, 0.2) is 42.7 Å². The van der Waals surface area contributed by atoms with Crippen molar-refractivity contribution in [2.75, 3.05) is 6.54 Å². The van der Waals surface area contributed by atoms with Gasteiger partial charge in [-0.25, -0.2) is 4.39 Å². The molecule has 1 saturated carbocycles. The van der Waals surface area contributed by atoms with Gasteiger partial charge in [0.15, 0.2) is 0 Å². The third kappa shape index (κ3) is 2.87. The van der Waals surface area contributed by atoms with Crippen molar-refractivity contribution in [2.24, 2.45) is 5.92 Å². The zero-order chi connectivity index (χ0) is 15.8. The number of aromatic nitrogens is 2. The smallest absolute Gasteiger partial charge is 0.226 e. The molecular weight excluding hydrogens is 293 g/mol. The first-order valence-electron chi connectivity index (χ1n) is 8.26. The monoisotopic (exact) mass is 313 g/mol. The van der Waals surface area contributed by atoms with Crippen LogP contribution in [0.5, 0.6) is 0 Å². The molecule has 23 heavy (non-hydrogen) atoms. The van der Waals surface area contributed by atoms with Crippen LogP contribution < -0.4 is 0 Å². The molecule has 1 saturated heterocycles. The number of benzene rings is 1. The molecule has 4 nitrogen and oxygen atoms in total. The molecule has 1 aromatic heterocycles. The van der Waals surface area contributed by atoms with Gasteiger partial charge < -0.3 is 4.90 Å². The van der Waals surface area contributed by atoms with E-state index in [0.29, 0.717) is 0 Å². The van der Waals surface area contributed by atoms with Gasteiger partial charge in [-0.1, -0.05) is 12.1 Å². The second kappa shape index (κ2) is 5.80. The van der Waals surface area contributed by atoms with Crippen molar-refractivity contribution >= 4 is 5.91 Å². The second-order valence-corrected chi connectivity index (χ2v) is 6.56. The van der Waals surface area contributed by atoms with Gasteiger partial charge in [-0.2, -0.15) is 5.10 Å². The van der Waals surface area contributed by atoms with Gasteiger partial charge in [-0.05, 0) is 48.9 Å². The molecule has 1 aliphatic heterocycles. The number of halogens is 1. The Morgan fingerprint density at radius 2 is 2.13 bits per heavy atom. The number of carbonyl (C=O) groups is 1. The summed E-state index contributed by atoms with van der Waals surface area (Å²) in [6.45, 7) is 1.62. The molecule has 1 amide bonds. The molecule has 2 aromatic rings. The molecule has 5 heteroatoms. The van der Waals surface area contributed by atoms with Crippen LogP contribution in [0.3, 0.4) is 0 Å². The molecule has 0 N–H and O–H groups in total. The van der Waals surface area contributed by atoms with Crippen molar-refractivity contribution in [2.45, 2.75) is 37.8 Å². The Bertz CT molecular complexity index is 683. The summed E-state index contributed by atoms with van der Waals surface area (Å²) in [7, 11) is 0. The lowest BCUT2D eigenvalue weighted by atomic mass is 10.1. The fourth-order valence-corrected chi connectivity index (χ4v) is 3.70. The Morgan fingerprint density at radius 1 is 1.30 bits per heavy atom. The number of amides is 1. The lowest BCUT2D eigenvalue weighted by molar-refractivity contribution is -0.133. The maximum atomic E-state index is 13.0. The second-order valence-electron chi connectivity index (χ2n) is 6.56. The zero-order valence-corrected chi connectivity index (χ0v) is 12.9. The van der Waals surface area contributed by atoms with Crippen molar-refractivity contribution in [3.63, 3.8) is 0 Å². The van der Waals surface area contributed by atoms with Crippen molar-refractivity contribution in [1.82, 2.24) is 14.7 Å². The molecule has 0 bridgehead atoms. The average Bonchev–Trinajstić information content (AvgIpc) is 2.95. The highest BCUT2D eigenvalue weighted by molar-refractivity contribution is 5.83. The predicted molar refractivity (Wildman–Crippen MR) is 84.2 cm³/mol. The predicted octanol–water partition coefficient (Wildman–Crippen LogP) is 2.82. The first-order chi connectivity index (χ1) is 11.2. The summed E-state index contributed by atoms with van der Waals surface area (Å²) in [5.41, 5.74) is 1.08. The number of rotatable bonds is 4. The van der Waals surface area contributed by atoms with Gasteiger partial charge in [0.05, 0.1) is 12.6 Å². The minimum Gasteiger partial charge on any atom is -0.338 e. The molecule has 4 rings (SSSR count). The molecule has 0 unspecified atom stereocenters. The average molecular weight is 313 g/mol. The fraction of sp³-hybridized carbons (Fsp3) is 0.444. The Balaban J connectivity index is 1.41. The lowest BCUT2D eigenvalue weighted by Gasteiger charge is -2.25. The van der Waals surface area contributed by atoms with Crippen molar-refractivity contribution in [1.29, 1.82) is 0 Å². The molecule has 0 radical (unpaired) electrons. The number of nitrogens with zero attached hydrogens (tertiary/aromatic N) is 3. The maximum Gasteiger partial charge on any atom is 0.226 e. The van der Waals surface area contributed by atoms with E-state index in [1.807, 2.05) is 21.8 Å². The minimum absolute atomic E-state index is 0.0682. The van der Waals surface area contributed by atoms with E-state index in [4.69, 9.17) is 0 Å². The molecular formula is C18H20FN3O. The number of carbonyl (C=O) groups excluding carboxylic acids is 1. The van der Waals surface area contributed by atoms with Crippen LogP contribution in [0.4, 0.5) is 4.39 Å². The van der Waals surface area contributed by atoms with Gasteiger partial charge >= 0.3 is 0 Å². The van der Waals surface area contributed by atoms with Crippen LogP contribution in [0.25, 0.3) is 0 Å². The van der Waals surface area contributed by atoms with E-state index < -0.39 is 0 Å². The summed E-state index contributed by atoms with van der Waals surface area (Å²) in [4.78, 5) is 14.9. The van der Waals surface area contributed by atoms with Crippen molar-refractivity contribution < 1.29 is 9.18 Å². The largest absolute Gasteiger partial charge is 0.338 e. The number of hydrogen-bond acceptors (Lipinski definition) is 2. The Hall–Kier alpha value is -2.17. The maximum absolute atomic E-state index is 13.0. The third-order valence-corrected chi connectivity index (χ3v) is 5.02. The quantitative estimate of drug-likeness (QED) is 0.870. The summed E-state index contributed by atoms with van der Waals surface area (Å²) in [6.07, 6.45) is 6.70. The summed E-state index contributed by atoms with van der Waals surface area (Å²) in [5, 5.41) is 4.25. The zero-order valence-electron chi connectivity index (χ0n) is 12.9. The number of likely N-dealkylation sites (tertiary alicyclic amines) is 1. The Morgan fingerprint density at radius 3 is 2.87 bits per heavy atom. The van der Waals surface area contributed by atoms with Crippen LogP contribution in [0.2, 0.25) is 0 Å². The van der Waals surface area contributed by atoms with Gasteiger partial charge in [0, 0.05) is 24.9 Å². The normalized spacial score (nSPS) is 26.5. The Labute approximate surface area is 134 Å². The molecule has 120 valence electrons. The van der Waals surface area contributed by atoms with Crippen molar-refractivity contribution in [3.05, 3.63) is 54.1 Å². The van der Waals surface area contributed by atoms with Gasteiger partial charge in [0.2, 0.25) is 5.91 Å². The lowest BCUT2D eigenvalue weighted by Crippen LogP contribution is -2.39. The van der Waals surface area contributed by atoms with Crippen LogP contribution in [-0.4, -0.2) is 33.2 Å². The fourth-order valence-electron chi connectivity index (χ4n) is 3.70. The van der Waals surface area contributed by atoms with Crippen LogP contribution in [0, 0.1) is 11.7 Å². The highest BCUT2D eigenvalue weighted by Gasteiger charge is 2.47. The van der Waals surface area contributed by atoms with E-state index in [1.165, 1.54) is 12.1 Å². The SMILES string of the molecule is O=C([C@@H]1C[C@H]1c1ccc(F)cc1)N1CCC[C@H]1Cn1cccn1. The highest BCUT2D eigenvalue weighted by Crippen LogP contribution is 2.49. The van der Waals surface area contributed by atoms with Crippen LogP contribution in [-0.2, 0) is 11.3 Å². The molecule has 1 aliphatic carbocycles. The van der Waals surface area contributed by atoms with Crippen LogP contribution in [0.1, 0.15) is 30.7 Å². The standard InChI is InChI=1S/C18H20FN3O/c19-14-6-4-13(5-7-14)16-11-17(16)18(23)22-10-1-3-15(22)12-21-9-2-8-20-21/h2,4-9,15-17H,1,3,10-12H2/t15-,16-,17+/m0/s1. The highest BCUT2D eigenvalue weighted by atomic mass is 19.1. The minimum atomic E-state index is -0.226. The van der Waals surface area contributed by atoms with Gasteiger partial charge in [0.25, 0.3) is 0 Å². The van der Waals surface area contributed by atoms with E-state index in [9.17, 15) is 9.18 Å². The first-order valence-corrected chi connectivity index (χ1v) is 8.26. The van der Waals surface area contributed by atoms with E-state index in [0.717, 1.165) is 37.9 Å². The summed E-state index contributed by atoms with van der Waals surface area (Å²) in [6, 6.07) is 8.72.